The average molecular weight is 328 g/mol. The highest BCUT2D eigenvalue weighted by Gasteiger charge is 2.07. The predicted octanol–water partition coefficient (Wildman–Crippen LogP) is 2.81. The van der Waals surface area contributed by atoms with Crippen molar-refractivity contribution in [1.82, 2.24) is 14.8 Å². The number of para-hydroxylation sites is 1. The lowest BCUT2D eigenvalue weighted by Gasteiger charge is -2.22. The molecule has 0 bridgehead atoms. The first kappa shape index (κ1) is 17.9. The highest BCUT2D eigenvalue weighted by Crippen LogP contribution is 2.16. The number of aromatic nitrogens is 1. The van der Waals surface area contributed by atoms with Gasteiger partial charge in [-0.05, 0) is 37.1 Å². The summed E-state index contributed by atoms with van der Waals surface area (Å²) in [6.45, 7) is 4.41. The molecule has 0 saturated heterocycles. The molecule has 0 saturated carbocycles. The van der Waals surface area contributed by atoms with Crippen molar-refractivity contribution >= 4 is 5.96 Å². The topological polar surface area (TPSA) is 41.8 Å². The lowest BCUT2D eigenvalue weighted by atomic mass is 10.2. The van der Waals surface area contributed by atoms with Crippen LogP contribution in [0, 0.1) is 6.92 Å². The zero-order valence-electron chi connectivity index (χ0n) is 15.1. The van der Waals surface area contributed by atoms with Crippen molar-refractivity contribution in [2.75, 3.05) is 27.2 Å². The summed E-state index contributed by atoms with van der Waals surface area (Å²) in [6, 6.07) is 12.3. The summed E-state index contributed by atoms with van der Waals surface area (Å²) in [6.07, 6.45) is 2.98. The zero-order chi connectivity index (χ0) is 17.4. The minimum Gasteiger partial charge on any atom is -0.493 e. The van der Waals surface area contributed by atoms with E-state index >= 15 is 0 Å². The molecule has 0 aliphatic heterocycles. The maximum atomic E-state index is 5.82. The van der Waals surface area contributed by atoms with Crippen molar-refractivity contribution in [3.8, 4) is 5.75 Å². The number of aliphatic imine (C=N–C) groups is 1. The largest absolute Gasteiger partial charge is 0.493 e. The molecule has 5 nitrogen and oxygen atoms in total. The molecule has 0 aliphatic rings. The molecule has 0 aliphatic carbocycles. The van der Waals surface area contributed by atoms with Crippen molar-refractivity contribution < 1.29 is 4.74 Å². The maximum absolute atomic E-state index is 5.82. The van der Waals surface area contributed by atoms with Gasteiger partial charge in [-0.15, -0.1) is 0 Å². The third-order valence-electron chi connectivity index (χ3n) is 3.98. The number of aryl methyl sites for hydroxylation is 2. The number of rotatable bonds is 7. The molecule has 2 rings (SSSR count). The minimum absolute atomic E-state index is 0.691. The van der Waals surface area contributed by atoms with Gasteiger partial charge in [0.2, 0.25) is 0 Å². The van der Waals surface area contributed by atoms with Gasteiger partial charge in [-0.3, -0.25) is 4.99 Å². The van der Waals surface area contributed by atoms with Gasteiger partial charge >= 0.3 is 0 Å². The molecule has 0 unspecified atom stereocenters. The Morgan fingerprint density at radius 3 is 2.71 bits per heavy atom. The molecular formula is C19H28N4O. The molecule has 0 fully saturated rings. The molecular weight excluding hydrogens is 300 g/mol. The van der Waals surface area contributed by atoms with Crippen LogP contribution in [0.4, 0.5) is 0 Å². The fraction of sp³-hybridized carbons (Fsp3) is 0.421. The predicted molar refractivity (Wildman–Crippen MR) is 99.5 cm³/mol. The van der Waals surface area contributed by atoms with E-state index in [0.717, 1.165) is 31.2 Å². The molecule has 24 heavy (non-hydrogen) atoms. The molecule has 1 aromatic heterocycles. The van der Waals surface area contributed by atoms with E-state index in [1.54, 1.807) is 0 Å². The lowest BCUT2D eigenvalue weighted by molar-refractivity contribution is 0.308. The molecule has 5 heteroatoms. The second-order valence-corrected chi connectivity index (χ2v) is 5.91. The minimum atomic E-state index is 0.691. The molecule has 130 valence electrons. The summed E-state index contributed by atoms with van der Waals surface area (Å²) in [4.78, 5) is 6.47. The van der Waals surface area contributed by atoms with Gasteiger partial charge < -0.3 is 19.5 Å². The van der Waals surface area contributed by atoms with Crippen LogP contribution in [0.25, 0.3) is 0 Å². The Hall–Kier alpha value is -2.43. The Morgan fingerprint density at radius 1 is 1.25 bits per heavy atom. The molecule has 0 radical (unpaired) electrons. The third-order valence-corrected chi connectivity index (χ3v) is 3.98. The Morgan fingerprint density at radius 2 is 2.04 bits per heavy atom. The summed E-state index contributed by atoms with van der Waals surface area (Å²) in [7, 11) is 5.92. The third kappa shape index (κ3) is 5.05. The van der Waals surface area contributed by atoms with Crippen LogP contribution in [0.1, 0.15) is 17.7 Å². The zero-order valence-corrected chi connectivity index (χ0v) is 15.1. The Labute approximate surface area is 145 Å². The summed E-state index contributed by atoms with van der Waals surface area (Å²) in [5, 5.41) is 3.39. The van der Waals surface area contributed by atoms with Gasteiger partial charge in [0.1, 0.15) is 5.75 Å². The van der Waals surface area contributed by atoms with E-state index in [2.05, 4.69) is 58.1 Å². The molecule has 1 N–H and O–H groups in total. The van der Waals surface area contributed by atoms with E-state index < -0.39 is 0 Å². The van der Waals surface area contributed by atoms with Crippen molar-refractivity contribution in [3.05, 3.63) is 53.9 Å². The number of ether oxygens (including phenoxy) is 1. The molecule has 0 spiro atoms. The Balaban J connectivity index is 1.72. The first-order valence-corrected chi connectivity index (χ1v) is 8.32. The number of nitrogens with one attached hydrogen (secondary N) is 1. The van der Waals surface area contributed by atoms with Gasteiger partial charge in [-0.1, -0.05) is 18.2 Å². The molecule has 1 aromatic carbocycles. The number of hydrogen-bond acceptors (Lipinski definition) is 2. The Bertz CT molecular complexity index is 663. The summed E-state index contributed by atoms with van der Waals surface area (Å²) >= 11 is 0. The van der Waals surface area contributed by atoms with Crippen molar-refractivity contribution in [3.63, 3.8) is 0 Å². The van der Waals surface area contributed by atoms with E-state index in [4.69, 9.17) is 4.74 Å². The standard InChI is InChI=1S/C19H28N4O/c1-16-9-5-6-11-18(16)24-14-8-12-21-19(20-2)23(4)15-17-10-7-13-22(17)3/h5-7,9-11,13H,8,12,14-15H2,1-4H3,(H,20,21). The second-order valence-electron chi connectivity index (χ2n) is 5.91. The first-order valence-electron chi connectivity index (χ1n) is 8.32. The van der Waals surface area contributed by atoms with Crippen molar-refractivity contribution in [2.45, 2.75) is 19.9 Å². The van der Waals surface area contributed by atoms with Crippen molar-refractivity contribution in [1.29, 1.82) is 0 Å². The van der Waals surface area contributed by atoms with Crippen molar-refractivity contribution in [2.24, 2.45) is 12.0 Å². The summed E-state index contributed by atoms with van der Waals surface area (Å²) in [5.74, 6) is 1.86. The fourth-order valence-corrected chi connectivity index (χ4v) is 2.54. The van der Waals surface area contributed by atoms with Crippen LogP contribution >= 0.6 is 0 Å². The summed E-state index contributed by atoms with van der Waals surface area (Å²) in [5.41, 5.74) is 2.42. The van der Waals surface area contributed by atoms with Crippen LogP contribution in [-0.4, -0.2) is 42.7 Å². The monoisotopic (exact) mass is 328 g/mol. The van der Waals surface area contributed by atoms with E-state index in [9.17, 15) is 0 Å². The molecule has 1 heterocycles. The quantitative estimate of drug-likeness (QED) is 0.483. The van der Waals surface area contributed by atoms with Gasteiger partial charge in [-0.25, -0.2) is 0 Å². The second kappa shape index (κ2) is 9.01. The van der Waals surface area contributed by atoms with Gasteiger partial charge in [-0.2, -0.15) is 0 Å². The molecule has 0 amide bonds. The number of nitrogens with zero attached hydrogens (tertiary/aromatic N) is 3. The van der Waals surface area contributed by atoms with E-state index in [-0.39, 0.29) is 0 Å². The number of benzene rings is 1. The average Bonchev–Trinajstić information content (AvgIpc) is 2.97. The highest BCUT2D eigenvalue weighted by atomic mass is 16.5. The number of hydrogen-bond donors (Lipinski definition) is 1. The van der Waals surface area contributed by atoms with Gasteiger partial charge in [0, 0.05) is 39.6 Å². The van der Waals surface area contributed by atoms with E-state index in [0.29, 0.717) is 6.61 Å². The van der Waals surface area contributed by atoms with Crippen LogP contribution in [0.5, 0.6) is 5.75 Å². The van der Waals surface area contributed by atoms with Gasteiger partial charge in [0.25, 0.3) is 0 Å². The fourth-order valence-electron chi connectivity index (χ4n) is 2.54. The summed E-state index contributed by atoms with van der Waals surface area (Å²) < 4.78 is 7.94. The smallest absolute Gasteiger partial charge is 0.193 e. The lowest BCUT2D eigenvalue weighted by Crippen LogP contribution is -2.39. The highest BCUT2D eigenvalue weighted by molar-refractivity contribution is 5.79. The maximum Gasteiger partial charge on any atom is 0.193 e. The van der Waals surface area contributed by atoms with Crippen LogP contribution in [-0.2, 0) is 13.6 Å². The van der Waals surface area contributed by atoms with Gasteiger partial charge in [0.15, 0.2) is 5.96 Å². The molecule has 0 atom stereocenters. The normalized spacial score (nSPS) is 11.4. The van der Waals surface area contributed by atoms with E-state index in [1.807, 2.05) is 32.3 Å². The van der Waals surface area contributed by atoms with Crippen LogP contribution in [0.3, 0.4) is 0 Å². The van der Waals surface area contributed by atoms with E-state index in [1.165, 1.54) is 11.3 Å². The first-order chi connectivity index (χ1) is 11.6. The molecule has 2 aromatic rings. The van der Waals surface area contributed by atoms with Crippen LogP contribution in [0.2, 0.25) is 0 Å². The Kier molecular flexibility index (Phi) is 6.73. The van der Waals surface area contributed by atoms with Crippen LogP contribution in [0.15, 0.2) is 47.6 Å². The number of guanidine groups is 1. The van der Waals surface area contributed by atoms with Crippen LogP contribution < -0.4 is 10.1 Å². The SMILES string of the molecule is CN=C(NCCCOc1ccccc1C)N(C)Cc1cccn1C. The van der Waals surface area contributed by atoms with Gasteiger partial charge in [0.05, 0.1) is 13.2 Å².